The van der Waals surface area contributed by atoms with Gasteiger partial charge in [0, 0.05) is 57.8 Å². The fourth-order valence-corrected chi connectivity index (χ4v) is 4.21. The fourth-order valence-electron chi connectivity index (χ4n) is 4.21. The van der Waals surface area contributed by atoms with Crippen LogP contribution in [-0.4, -0.2) is 77.5 Å². The van der Waals surface area contributed by atoms with Crippen molar-refractivity contribution in [1.29, 1.82) is 0 Å². The molecular formula is C20H31N5O3. The smallest absolute Gasteiger partial charge is 0.251 e. The first-order valence-electron chi connectivity index (χ1n) is 10.4. The highest BCUT2D eigenvalue weighted by molar-refractivity contribution is 5.81. The lowest BCUT2D eigenvalue weighted by atomic mass is 9.88. The molecule has 2 aliphatic heterocycles. The number of imidazole rings is 1. The van der Waals surface area contributed by atoms with E-state index in [4.69, 9.17) is 4.74 Å². The zero-order valence-corrected chi connectivity index (χ0v) is 16.9. The highest BCUT2D eigenvalue weighted by atomic mass is 16.5. The van der Waals surface area contributed by atoms with Crippen LogP contribution in [0.3, 0.4) is 0 Å². The van der Waals surface area contributed by atoms with E-state index in [1.54, 1.807) is 6.20 Å². The minimum Gasteiger partial charge on any atom is -0.352 e. The normalized spacial score (nSPS) is 23.7. The molecule has 1 aliphatic carbocycles. The Balaban J connectivity index is 1.41. The predicted octanol–water partition coefficient (Wildman–Crippen LogP) is 0.578. The van der Waals surface area contributed by atoms with Crippen molar-refractivity contribution in [1.82, 2.24) is 24.7 Å². The Labute approximate surface area is 166 Å². The average Bonchev–Trinajstić information content (AvgIpc) is 3.34. The number of carbonyl (C=O) groups excluding carboxylic acids is 2. The molecule has 0 aromatic carbocycles. The Morgan fingerprint density at radius 3 is 2.75 bits per heavy atom. The maximum absolute atomic E-state index is 12.7. The summed E-state index contributed by atoms with van der Waals surface area (Å²) in [5.74, 6) is 1.67. The molecule has 3 aliphatic rings. The van der Waals surface area contributed by atoms with Crippen LogP contribution in [0.15, 0.2) is 12.4 Å². The number of likely N-dealkylation sites (N-methyl/N-ethyl adjacent to an activating group) is 1. The van der Waals surface area contributed by atoms with Gasteiger partial charge in [-0.25, -0.2) is 4.98 Å². The van der Waals surface area contributed by atoms with E-state index in [9.17, 15) is 9.59 Å². The zero-order valence-electron chi connectivity index (χ0n) is 16.9. The van der Waals surface area contributed by atoms with E-state index in [-0.39, 0.29) is 11.8 Å². The van der Waals surface area contributed by atoms with Crippen molar-refractivity contribution in [2.45, 2.75) is 50.4 Å². The minimum absolute atomic E-state index is 0.0761. The molecule has 2 amide bonds. The van der Waals surface area contributed by atoms with Gasteiger partial charge in [0.2, 0.25) is 5.91 Å². The number of nitrogens with one attached hydrogen (secondary N) is 1. The SMILES string of the molecule is CN(C)CCNC(=O)[C@H]1Cn2ccnc2C2(CCN(C(=O)CC3CC3)CC2)O1. The Morgan fingerprint density at radius 1 is 1.32 bits per heavy atom. The molecule has 1 spiro atoms. The monoisotopic (exact) mass is 389 g/mol. The molecule has 3 heterocycles. The summed E-state index contributed by atoms with van der Waals surface area (Å²) in [5, 5.41) is 2.98. The molecule has 0 unspecified atom stereocenters. The number of nitrogens with zero attached hydrogens (tertiary/aromatic N) is 4. The lowest BCUT2D eigenvalue weighted by Gasteiger charge is -2.45. The van der Waals surface area contributed by atoms with Gasteiger partial charge in [-0.15, -0.1) is 0 Å². The summed E-state index contributed by atoms with van der Waals surface area (Å²) >= 11 is 0. The molecule has 4 rings (SSSR count). The number of rotatable bonds is 6. The van der Waals surface area contributed by atoms with Crippen molar-refractivity contribution in [2.24, 2.45) is 5.92 Å². The number of likely N-dealkylation sites (tertiary alicyclic amines) is 1. The topological polar surface area (TPSA) is 79.7 Å². The molecule has 1 atom stereocenters. The largest absolute Gasteiger partial charge is 0.352 e. The predicted molar refractivity (Wildman–Crippen MR) is 103 cm³/mol. The van der Waals surface area contributed by atoms with Crippen LogP contribution in [0, 0.1) is 5.92 Å². The van der Waals surface area contributed by atoms with Gasteiger partial charge in [0.1, 0.15) is 11.4 Å². The summed E-state index contributed by atoms with van der Waals surface area (Å²) in [6.45, 7) is 3.19. The van der Waals surface area contributed by atoms with E-state index in [1.807, 2.05) is 34.7 Å². The van der Waals surface area contributed by atoms with Gasteiger partial charge in [0.05, 0.1) is 6.54 Å². The number of piperidine rings is 1. The Hall–Kier alpha value is -1.93. The minimum atomic E-state index is -0.582. The summed E-state index contributed by atoms with van der Waals surface area (Å²) in [4.78, 5) is 33.7. The van der Waals surface area contributed by atoms with Gasteiger partial charge in [-0.1, -0.05) is 0 Å². The van der Waals surface area contributed by atoms with Gasteiger partial charge in [0.25, 0.3) is 5.91 Å². The van der Waals surface area contributed by atoms with E-state index < -0.39 is 11.7 Å². The van der Waals surface area contributed by atoms with E-state index in [2.05, 4.69) is 10.3 Å². The third kappa shape index (κ3) is 4.07. The van der Waals surface area contributed by atoms with Gasteiger partial charge in [-0.2, -0.15) is 0 Å². The van der Waals surface area contributed by atoms with Crippen LogP contribution >= 0.6 is 0 Å². The van der Waals surface area contributed by atoms with Gasteiger partial charge in [-0.05, 0) is 32.9 Å². The average molecular weight is 390 g/mol. The van der Waals surface area contributed by atoms with Crippen molar-refractivity contribution in [3.8, 4) is 0 Å². The maximum atomic E-state index is 12.7. The van der Waals surface area contributed by atoms with Crippen molar-refractivity contribution < 1.29 is 14.3 Å². The molecule has 2 fully saturated rings. The number of ether oxygens (including phenoxy) is 1. The molecule has 1 saturated carbocycles. The molecule has 8 nitrogen and oxygen atoms in total. The third-order valence-electron chi connectivity index (χ3n) is 6.09. The molecular weight excluding hydrogens is 358 g/mol. The third-order valence-corrected chi connectivity index (χ3v) is 6.09. The van der Waals surface area contributed by atoms with Crippen molar-refractivity contribution >= 4 is 11.8 Å². The second kappa shape index (κ2) is 7.83. The molecule has 28 heavy (non-hydrogen) atoms. The highest BCUT2D eigenvalue weighted by Crippen LogP contribution is 2.41. The van der Waals surface area contributed by atoms with Crippen LogP contribution in [-0.2, 0) is 26.5 Å². The second-order valence-electron chi connectivity index (χ2n) is 8.63. The first-order chi connectivity index (χ1) is 13.5. The lowest BCUT2D eigenvalue weighted by molar-refractivity contribution is -0.176. The van der Waals surface area contributed by atoms with Crippen LogP contribution in [0.25, 0.3) is 0 Å². The quantitative estimate of drug-likeness (QED) is 0.770. The molecule has 1 N–H and O–H groups in total. The number of fused-ring (bicyclic) bond motifs is 2. The van der Waals surface area contributed by atoms with E-state index in [1.165, 1.54) is 12.8 Å². The Kier molecular flexibility index (Phi) is 5.42. The first kappa shape index (κ1) is 19.4. The number of carbonyl (C=O) groups is 2. The summed E-state index contributed by atoms with van der Waals surface area (Å²) < 4.78 is 8.44. The molecule has 154 valence electrons. The maximum Gasteiger partial charge on any atom is 0.251 e. The van der Waals surface area contributed by atoms with Crippen molar-refractivity contribution in [3.63, 3.8) is 0 Å². The number of hydrogen-bond donors (Lipinski definition) is 1. The van der Waals surface area contributed by atoms with Crippen molar-refractivity contribution in [2.75, 3.05) is 40.3 Å². The number of aromatic nitrogens is 2. The van der Waals surface area contributed by atoms with Crippen molar-refractivity contribution in [3.05, 3.63) is 18.2 Å². The van der Waals surface area contributed by atoms with Gasteiger partial charge < -0.3 is 24.4 Å². The standard InChI is InChI=1S/C20H31N5O3/c1-23(2)11-7-21-18(27)16-14-25-12-8-22-19(25)20(28-16)5-9-24(10-6-20)17(26)13-15-3-4-15/h8,12,15-16H,3-7,9-11,13-14H2,1-2H3,(H,21,27)/t16-/m1/s1. The highest BCUT2D eigenvalue weighted by Gasteiger charge is 2.47. The summed E-state index contributed by atoms with van der Waals surface area (Å²) in [6, 6.07) is 0. The van der Waals surface area contributed by atoms with Gasteiger partial charge >= 0.3 is 0 Å². The molecule has 1 aromatic rings. The van der Waals surface area contributed by atoms with Gasteiger partial charge in [0.15, 0.2) is 6.10 Å². The van der Waals surface area contributed by atoms with E-state index in [0.717, 1.165) is 12.4 Å². The van der Waals surface area contributed by atoms with Crippen LogP contribution in [0.1, 0.15) is 37.9 Å². The lowest BCUT2D eigenvalue weighted by Crippen LogP contribution is -2.55. The molecule has 8 heteroatoms. The van der Waals surface area contributed by atoms with E-state index >= 15 is 0 Å². The molecule has 0 radical (unpaired) electrons. The van der Waals surface area contributed by atoms with Crippen LogP contribution in [0.4, 0.5) is 0 Å². The second-order valence-corrected chi connectivity index (χ2v) is 8.63. The summed E-state index contributed by atoms with van der Waals surface area (Å²) in [6.07, 6.45) is 7.59. The van der Waals surface area contributed by atoms with E-state index in [0.29, 0.717) is 51.4 Å². The molecule has 1 aromatic heterocycles. The van der Waals surface area contributed by atoms with Crippen LogP contribution < -0.4 is 5.32 Å². The number of amides is 2. The molecule has 1 saturated heterocycles. The van der Waals surface area contributed by atoms with Crippen LogP contribution in [0.2, 0.25) is 0 Å². The Morgan fingerprint density at radius 2 is 2.07 bits per heavy atom. The first-order valence-corrected chi connectivity index (χ1v) is 10.4. The van der Waals surface area contributed by atoms with Gasteiger partial charge in [-0.3, -0.25) is 9.59 Å². The zero-order chi connectivity index (χ0) is 19.7. The molecule has 0 bridgehead atoms. The Bertz CT molecular complexity index is 719. The number of hydrogen-bond acceptors (Lipinski definition) is 5. The summed E-state index contributed by atoms with van der Waals surface area (Å²) in [5.41, 5.74) is -0.582. The van der Waals surface area contributed by atoms with Crippen LogP contribution in [0.5, 0.6) is 0 Å². The summed E-state index contributed by atoms with van der Waals surface area (Å²) in [7, 11) is 3.96. The fraction of sp³-hybridized carbons (Fsp3) is 0.750.